The summed E-state index contributed by atoms with van der Waals surface area (Å²) in [5, 5.41) is 11.9. The summed E-state index contributed by atoms with van der Waals surface area (Å²) in [6.07, 6.45) is 3.35. The maximum absolute atomic E-state index is 13.2. The molecule has 4 unspecified atom stereocenters. The Hall–Kier alpha value is -3.66. The normalized spacial score (nSPS) is 20.6. The zero-order chi connectivity index (χ0) is 32.2. The van der Waals surface area contributed by atoms with E-state index in [1.165, 1.54) is 33.5 Å². The van der Waals surface area contributed by atoms with Crippen molar-refractivity contribution >= 4 is 16.7 Å². The number of halogens is 1. The molecule has 0 saturated carbocycles. The van der Waals surface area contributed by atoms with Crippen LogP contribution in [0.2, 0.25) is 0 Å². The first-order valence-electron chi connectivity index (χ1n) is 16.1. The van der Waals surface area contributed by atoms with E-state index in [1.807, 2.05) is 39.8 Å². The molecule has 2 aliphatic carbocycles. The Morgan fingerprint density at radius 2 is 1.57 bits per heavy atom. The van der Waals surface area contributed by atoms with Crippen LogP contribution in [0.25, 0.3) is 10.8 Å². The number of hydrogen-bond acceptors (Lipinski definition) is 3. The van der Waals surface area contributed by atoms with Gasteiger partial charge in [-0.05, 0) is 127 Å². The fourth-order valence-electron chi connectivity index (χ4n) is 6.12. The van der Waals surface area contributed by atoms with E-state index in [-0.39, 0.29) is 11.8 Å². The molecule has 0 fully saturated rings. The maximum atomic E-state index is 13.2. The standard InChI is InChI=1S/C16H21FO2.C14H14.C10H14O/c1-5-15(2,3)14(18)19-16(4)9-8-11-10-12(17)6-7-13(11)16;1-9-10(2)13-8-4-6-11-5-3-7-12(9)14(11)13;1-3-8(2)9-4-6-10(11)7-5-9/h6-7,10H,5,8-9H2,1-4H3;3-10H,1-2H3;4-8,11H,3H2,1-2H3. The van der Waals surface area contributed by atoms with Crippen molar-refractivity contribution in [3.8, 4) is 5.75 Å². The van der Waals surface area contributed by atoms with Crippen LogP contribution in [0.5, 0.6) is 5.75 Å². The first-order chi connectivity index (χ1) is 20.8. The van der Waals surface area contributed by atoms with Gasteiger partial charge in [0.25, 0.3) is 0 Å². The third-order valence-corrected chi connectivity index (χ3v) is 10.0. The first kappa shape index (κ1) is 33.2. The SMILES string of the molecule is CC1c2cccc3cccc(c23)C1C.CCC(C)(C)C(=O)OC1(C)CCc2cc(F)ccc21.CCC(C)c1ccc(O)cc1. The van der Waals surface area contributed by atoms with Gasteiger partial charge >= 0.3 is 5.97 Å². The fourth-order valence-corrected chi connectivity index (χ4v) is 6.12. The smallest absolute Gasteiger partial charge is 0.312 e. The molecule has 0 heterocycles. The lowest BCUT2D eigenvalue weighted by atomic mass is 9.89. The minimum Gasteiger partial charge on any atom is -0.508 e. The first-order valence-corrected chi connectivity index (χ1v) is 16.1. The number of hydrogen-bond donors (Lipinski definition) is 1. The van der Waals surface area contributed by atoms with Crippen LogP contribution in [-0.4, -0.2) is 11.1 Å². The second-order valence-corrected chi connectivity index (χ2v) is 13.4. The van der Waals surface area contributed by atoms with Crippen molar-refractivity contribution in [1.29, 1.82) is 0 Å². The van der Waals surface area contributed by atoms with E-state index >= 15 is 0 Å². The molecule has 0 radical (unpaired) electrons. The van der Waals surface area contributed by atoms with Crippen LogP contribution in [0.1, 0.15) is 120 Å². The summed E-state index contributed by atoms with van der Waals surface area (Å²) in [5.74, 6) is 1.87. The van der Waals surface area contributed by atoms with Crippen LogP contribution in [0.3, 0.4) is 0 Å². The predicted molar refractivity (Wildman–Crippen MR) is 180 cm³/mol. The van der Waals surface area contributed by atoms with Crippen molar-refractivity contribution in [2.45, 2.75) is 104 Å². The van der Waals surface area contributed by atoms with Crippen LogP contribution >= 0.6 is 0 Å². The lowest BCUT2D eigenvalue weighted by Gasteiger charge is -2.31. The van der Waals surface area contributed by atoms with Crippen molar-refractivity contribution in [3.05, 3.63) is 112 Å². The Labute approximate surface area is 263 Å². The number of aromatic hydroxyl groups is 1. The largest absolute Gasteiger partial charge is 0.508 e. The number of aryl methyl sites for hydroxylation is 1. The zero-order valence-electron chi connectivity index (χ0n) is 27.7. The van der Waals surface area contributed by atoms with E-state index in [0.717, 1.165) is 36.8 Å². The third kappa shape index (κ3) is 7.01. The number of rotatable bonds is 5. The second kappa shape index (κ2) is 13.5. The molecule has 1 N–H and O–H groups in total. The number of benzene rings is 4. The molecule has 44 heavy (non-hydrogen) atoms. The van der Waals surface area contributed by atoms with Gasteiger partial charge in [-0.25, -0.2) is 4.39 Å². The van der Waals surface area contributed by atoms with Crippen molar-refractivity contribution < 1.29 is 19.0 Å². The molecule has 234 valence electrons. The lowest BCUT2D eigenvalue weighted by molar-refractivity contribution is -0.170. The molecule has 0 aliphatic heterocycles. The molecule has 0 bridgehead atoms. The number of carbonyl (C=O) groups is 1. The van der Waals surface area contributed by atoms with Gasteiger partial charge < -0.3 is 9.84 Å². The van der Waals surface area contributed by atoms with E-state index in [0.29, 0.717) is 23.5 Å². The van der Waals surface area contributed by atoms with Gasteiger partial charge in [-0.1, -0.05) is 89.2 Å². The van der Waals surface area contributed by atoms with Crippen molar-refractivity contribution in [1.82, 2.24) is 0 Å². The summed E-state index contributed by atoms with van der Waals surface area (Å²) in [7, 11) is 0. The highest BCUT2D eigenvalue weighted by Crippen LogP contribution is 2.46. The maximum Gasteiger partial charge on any atom is 0.312 e. The van der Waals surface area contributed by atoms with Crippen LogP contribution in [0.4, 0.5) is 4.39 Å². The highest BCUT2D eigenvalue weighted by atomic mass is 19.1. The average molecular weight is 597 g/mol. The molecule has 0 aromatic heterocycles. The van der Waals surface area contributed by atoms with Gasteiger partial charge in [0.05, 0.1) is 5.41 Å². The lowest BCUT2D eigenvalue weighted by Crippen LogP contribution is -2.34. The van der Waals surface area contributed by atoms with E-state index in [2.05, 4.69) is 64.1 Å². The molecule has 0 saturated heterocycles. The quantitative estimate of drug-likeness (QED) is 0.233. The minimum absolute atomic E-state index is 0.185. The molecule has 4 heteroatoms. The highest BCUT2D eigenvalue weighted by Gasteiger charge is 2.41. The van der Waals surface area contributed by atoms with Gasteiger partial charge in [0.15, 0.2) is 0 Å². The predicted octanol–water partition coefficient (Wildman–Crippen LogP) is 10.9. The molecule has 3 nitrogen and oxygen atoms in total. The van der Waals surface area contributed by atoms with E-state index in [4.69, 9.17) is 9.84 Å². The number of esters is 1. The number of phenols is 1. The molecule has 4 aromatic carbocycles. The molecule has 6 rings (SSSR count). The van der Waals surface area contributed by atoms with Gasteiger partial charge in [-0.2, -0.15) is 0 Å². The summed E-state index contributed by atoms with van der Waals surface area (Å²) in [4.78, 5) is 12.2. The van der Waals surface area contributed by atoms with Gasteiger partial charge in [0, 0.05) is 0 Å². The molecule has 2 aliphatic rings. The second-order valence-electron chi connectivity index (χ2n) is 13.4. The summed E-state index contributed by atoms with van der Waals surface area (Å²) in [5.41, 5.74) is 5.15. The molecular weight excluding hydrogens is 547 g/mol. The third-order valence-electron chi connectivity index (χ3n) is 10.0. The van der Waals surface area contributed by atoms with Crippen LogP contribution in [0, 0.1) is 11.2 Å². The molecule has 0 spiro atoms. The molecule has 0 amide bonds. The Morgan fingerprint density at radius 3 is 2.11 bits per heavy atom. The number of carbonyl (C=O) groups excluding carboxylic acids is 1. The topological polar surface area (TPSA) is 46.5 Å². The van der Waals surface area contributed by atoms with Crippen LogP contribution in [0.15, 0.2) is 78.9 Å². The summed E-state index contributed by atoms with van der Waals surface area (Å²) < 4.78 is 19.0. The van der Waals surface area contributed by atoms with Gasteiger partial charge in [-0.3, -0.25) is 4.79 Å². The summed E-state index contributed by atoms with van der Waals surface area (Å²) in [6.45, 7) is 16.7. The van der Waals surface area contributed by atoms with Gasteiger partial charge in [0.2, 0.25) is 0 Å². The molecule has 4 aromatic rings. The number of phenolic OH excluding ortho intramolecular Hbond substituents is 1. The Balaban J connectivity index is 0.000000157. The van der Waals surface area contributed by atoms with E-state index in [1.54, 1.807) is 24.3 Å². The van der Waals surface area contributed by atoms with Crippen molar-refractivity contribution in [2.75, 3.05) is 0 Å². The van der Waals surface area contributed by atoms with Gasteiger partial charge in [-0.15, -0.1) is 0 Å². The summed E-state index contributed by atoms with van der Waals surface area (Å²) >= 11 is 0. The Morgan fingerprint density at radius 1 is 0.977 bits per heavy atom. The van der Waals surface area contributed by atoms with Crippen LogP contribution < -0.4 is 0 Å². The molecule has 4 atom stereocenters. The van der Waals surface area contributed by atoms with Crippen molar-refractivity contribution in [2.24, 2.45) is 5.41 Å². The zero-order valence-corrected chi connectivity index (χ0v) is 27.7. The Bertz CT molecular complexity index is 1550. The minimum atomic E-state index is -0.618. The average Bonchev–Trinajstić information content (AvgIpc) is 3.47. The monoisotopic (exact) mass is 596 g/mol. The van der Waals surface area contributed by atoms with Crippen LogP contribution in [-0.2, 0) is 21.6 Å². The van der Waals surface area contributed by atoms with Gasteiger partial charge in [0.1, 0.15) is 17.2 Å². The molecular formula is C40H49FO3. The fraction of sp³-hybridized carbons (Fsp3) is 0.425. The van der Waals surface area contributed by atoms with E-state index < -0.39 is 11.0 Å². The van der Waals surface area contributed by atoms with E-state index in [9.17, 15) is 9.18 Å². The Kier molecular flexibility index (Phi) is 10.2. The highest BCUT2D eigenvalue weighted by molar-refractivity contribution is 5.92. The van der Waals surface area contributed by atoms with Crippen molar-refractivity contribution in [3.63, 3.8) is 0 Å². The summed E-state index contributed by atoms with van der Waals surface area (Å²) in [6, 6.07) is 25.5. The number of fused-ring (bicyclic) bond motifs is 1. The number of ether oxygens (including phenoxy) is 1.